The van der Waals surface area contributed by atoms with Crippen molar-refractivity contribution in [2.75, 3.05) is 10.6 Å². The molecule has 0 spiro atoms. The molecule has 2 rings (SSSR count). The second-order valence-corrected chi connectivity index (χ2v) is 5.97. The summed E-state index contributed by atoms with van der Waals surface area (Å²) in [6, 6.07) is 13.2. The van der Waals surface area contributed by atoms with Gasteiger partial charge in [0, 0.05) is 17.6 Å². The lowest BCUT2D eigenvalue weighted by molar-refractivity contribution is -0.112. The number of benzene rings is 2. The van der Waals surface area contributed by atoms with Crippen molar-refractivity contribution in [2.24, 2.45) is 0 Å². The first kappa shape index (κ1) is 18.2. The second-order valence-electron chi connectivity index (χ2n) is 5.97. The summed E-state index contributed by atoms with van der Waals surface area (Å²) in [5, 5.41) is 14.9. The molecule has 0 aliphatic rings. The molecule has 2 N–H and O–H groups in total. The number of carbonyl (C=O) groups is 1. The average Bonchev–Trinajstić information content (AvgIpc) is 2.58. The number of anilines is 2. The third-order valence-corrected chi connectivity index (χ3v) is 3.76. The number of halogens is 1. The molecule has 4 nitrogen and oxygen atoms in total. The first-order valence-electron chi connectivity index (χ1n) is 7.95. The zero-order valence-corrected chi connectivity index (χ0v) is 14.4. The van der Waals surface area contributed by atoms with E-state index < -0.39 is 11.7 Å². The van der Waals surface area contributed by atoms with Gasteiger partial charge >= 0.3 is 0 Å². The number of rotatable bonds is 5. The third kappa shape index (κ3) is 4.67. The number of aryl methyl sites for hydroxylation is 1. The van der Waals surface area contributed by atoms with Crippen molar-refractivity contribution in [3.8, 4) is 6.07 Å². The number of nitrogens with zero attached hydrogens (tertiary/aromatic N) is 1. The average molecular weight is 337 g/mol. The van der Waals surface area contributed by atoms with Crippen LogP contribution in [0.15, 0.2) is 54.2 Å². The molecule has 0 heterocycles. The molecule has 1 amide bonds. The topological polar surface area (TPSA) is 64.9 Å². The molecule has 0 fully saturated rings. The van der Waals surface area contributed by atoms with E-state index in [4.69, 9.17) is 0 Å². The minimum absolute atomic E-state index is 0.0673. The highest BCUT2D eigenvalue weighted by Crippen LogP contribution is 2.27. The maximum absolute atomic E-state index is 12.9. The molecule has 0 saturated carbocycles. The summed E-state index contributed by atoms with van der Waals surface area (Å²) in [7, 11) is 0. The lowest BCUT2D eigenvalue weighted by Gasteiger charge is -2.15. The molecule has 0 saturated heterocycles. The molecule has 0 aliphatic carbocycles. The summed E-state index contributed by atoms with van der Waals surface area (Å²) < 4.78 is 12.9. The first-order valence-corrected chi connectivity index (χ1v) is 7.95. The Morgan fingerprint density at radius 1 is 1.20 bits per heavy atom. The Hall–Kier alpha value is -3.13. The van der Waals surface area contributed by atoms with Crippen molar-refractivity contribution in [1.29, 1.82) is 5.26 Å². The van der Waals surface area contributed by atoms with Gasteiger partial charge in [0.2, 0.25) is 0 Å². The Labute approximate surface area is 147 Å². The van der Waals surface area contributed by atoms with Gasteiger partial charge in [-0.25, -0.2) is 4.39 Å². The maximum Gasteiger partial charge on any atom is 0.267 e. The number of hydrogen-bond acceptors (Lipinski definition) is 3. The van der Waals surface area contributed by atoms with Gasteiger partial charge in [0.05, 0.1) is 0 Å². The molecule has 5 heteroatoms. The van der Waals surface area contributed by atoms with Gasteiger partial charge in [-0.2, -0.15) is 5.26 Å². The fraction of sp³-hybridized carbons (Fsp3) is 0.200. The Morgan fingerprint density at radius 3 is 2.48 bits per heavy atom. The molecule has 0 radical (unpaired) electrons. The monoisotopic (exact) mass is 337 g/mol. The molecule has 0 unspecified atom stereocenters. The molecule has 0 aliphatic heterocycles. The molecule has 2 aromatic carbocycles. The van der Waals surface area contributed by atoms with Crippen LogP contribution in [0, 0.1) is 24.1 Å². The van der Waals surface area contributed by atoms with Gasteiger partial charge in [0.25, 0.3) is 5.91 Å². The van der Waals surface area contributed by atoms with E-state index in [0.29, 0.717) is 11.6 Å². The summed E-state index contributed by atoms with van der Waals surface area (Å²) in [5.41, 5.74) is 3.37. The van der Waals surface area contributed by atoms with Crippen LogP contribution in [-0.2, 0) is 4.79 Å². The van der Waals surface area contributed by atoms with Gasteiger partial charge in [-0.15, -0.1) is 0 Å². The summed E-state index contributed by atoms with van der Waals surface area (Å²) in [6.45, 7) is 6.12. The van der Waals surface area contributed by atoms with Crippen LogP contribution in [0.5, 0.6) is 0 Å². The predicted octanol–water partition coefficient (Wildman–Crippen LogP) is 4.72. The van der Waals surface area contributed by atoms with Gasteiger partial charge in [-0.1, -0.05) is 32.0 Å². The smallest absolute Gasteiger partial charge is 0.267 e. The minimum Gasteiger partial charge on any atom is -0.360 e. The van der Waals surface area contributed by atoms with Crippen molar-refractivity contribution < 1.29 is 9.18 Å². The van der Waals surface area contributed by atoms with E-state index in [9.17, 15) is 14.4 Å². The van der Waals surface area contributed by atoms with E-state index in [1.807, 2.05) is 31.2 Å². The quantitative estimate of drug-likeness (QED) is 0.613. The van der Waals surface area contributed by atoms with Crippen LogP contribution in [0.3, 0.4) is 0 Å². The molecule has 25 heavy (non-hydrogen) atoms. The van der Waals surface area contributed by atoms with Gasteiger partial charge < -0.3 is 10.6 Å². The highest BCUT2D eigenvalue weighted by molar-refractivity contribution is 6.06. The molecular formula is C20H20FN3O. The van der Waals surface area contributed by atoms with Crippen LogP contribution in [0.25, 0.3) is 0 Å². The Kier molecular flexibility index (Phi) is 5.91. The van der Waals surface area contributed by atoms with Crippen LogP contribution in [-0.4, -0.2) is 5.91 Å². The lowest BCUT2D eigenvalue weighted by Crippen LogP contribution is -2.14. The summed E-state index contributed by atoms with van der Waals surface area (Å²) >= 11 is 0. The number of hydrogen-bond donors (Lipinski definition) is 2. The minimum atomic E-state index is -0.554. The van der Waals surface area contributed by atoms with Crippen LogP contribution in [0.1, 0.15) is 30.9 Å². The van der Waals surface area contributed by atoms with Crippen molar-refractivity contribution in [3.63, 3.8) is 0 Å². The normalized spacial score (nSPS) is 11.1. The van der Waals surface area contributed by atoms with E-state index in [2.05, 4.69) is 24.5 Å². The molecule has 128 valence electrons. The van der Waals surface area contributed by atoms with Crippen molar-refractivity contribution in [2.45, 2.75) is 26.7 Å². The number of amides is 1. The zero-order valence-electron chi connectivity index (χ0n) is 14.4. The van der Waals surface area contributed by atoms with Crippen molar-refractivity contribution in [3.05, 3.63) is 71.2 Å². The Balaban J connectivity index is 2.19. The van der Waals surface area contributed by atoms with E-state index >= 15 is 0 Å². The van der Waals surface area contributed by atoms with Gasteiger partial charge in [0.15, 0.2) is 0 Å². The standard InChI is InChI=1S/C20H20FN3O/c1-13(2)18-6-4-5-14(3)19(18)23-12-15(11-22)20(25)24-17-9-7-16(21)8-10-17/h4-10,12-13,23H,1-3H3,(H,24,25)/b15-12-. The number of nitrogens with one attached hydrogen (secondary N) is 2. The largest absolute Gasteiger partial charge is 0.360 e. The second kappa shape index (κ2) is 8.11. The zero-order chi connectivity index (χ0) is 18.4. The fourth-order valence-corrected chi connectivity index (χ4v) is 2.39. The SMILES string of the molecule is Cc1cccc(C(C)C)c1N/C=C(/C#N)C(=O)Nc1ccc(F)cc1. The van der Waals surface area contributed by atoms with Crippen LogP contribution in [0.4, 0.5) is 15.8 Å². The first-order chi connectivity index (χ1) is 11.9. The Morgan fingerprint density at radius 2 is 1.88 bits per heavy atom. The summed E-state index contributed by atoms with van der Waals surface area (Å²) in [6.07, 6.45) is 1.40. The van der Waals surface area contributed by atoms with Gasteiger partial charge in [-0.3, -0.25) is 4.79 Å². The summed E-state index contributed by atoms with van der Waals surface area (Å²) in [5.74, 6) is -0.646. The molecule has 0 aromatic heterocycles. The molecule has 0 atom stereocenters. The highest BCUT2D eigenvalue weighted by atomic mass is 19.1. The van der Waals surface area contributed by atoms with E-state index in [0.717, 1.165) is 16.8 Å². The van der Waals surface area contributed by atoms with E-state index in [-0.39, 0.29) is 5.57 Å². The highest BCUT2D eigenvalue weighted by Gasteiger charge is 2.12. The predicted molar refractivity (Wildman–Crippen MR) is 97.6 cm³/mol. The molecule has 0 bridgehead atoms. The van der Waals surface area contributed by atoms with Crippen LogP contribution in [0.2, 0.25) is 0 Å². The Bertz CT molecular complexity index is 833. The maximum atomic E-state index is 12.9. The number of nitriles is 1. The summed E-state index contributed by atoms with van der Waals surface area (Å²) in [4.78, 5) is 12.2. The third-order valence-electron chi connectivity index (χ3n) is 3.76. The van der Waals surface area contributed by atoms with Gasteiger partial charge in [-0.05, 0) is 48.2 Å². The molecular weight excluding hydrogens is 317 g/mol. The number of carbonyl (C=O) groups excluding carboxylic acids is 1. The van der Waals surface area contributed by atoms with E-state index in [1.54, 1.807) is 0 Å². The van der Waals surface area contributed by atoms with Crippen LogP contribution >= 0.6 is 0 Å². The van der Waals surface area contributed by atoms with E-state index in [1.165, 1.54) is 30.5 Å². The van der Waals surface area contributed by atoms with Crippen molar-refractivity contribution in [1.82, 2.24) is 0 Å². The molecule has 2 aromatic rings. The fourth-order valence-electron chi connectivity index (χ4n) is 2.39. The van der Waals surface area contributed by atoms with Gasteiger partial charge in [0.1, 0.15) is 17.5 Å². The van der Waals surface area contributed by atoms with Crippen LogP contribution < -0.4 is 10.6 Å². The number of para-hydroxylation sites is 1. The lowest BCUT2D eigenvalue weighted by atomic mass is 9.98. The van der Waals surface area contributed by atoms with Crippen molar-refractivity contribution >= 4 is 17.3 Å².